The summed E-state index contributed by atoms with van der Waals surface area (Å²) in [5, 5.41) is 0. The van der Waals surface area contributed by atoms with Crippen molar-refractivity contribution < 1.29 is 19.7 Å². The van der Waals surface area contributed by atoms with Crippen LogP contribution in [0.4, 0.5) is 0 Å². The van der Waals surface area contributed by atoms with Gasteiger partial charge in [0.1, 0.15) is 0 Å². The molecule has 0 radical (unpaired) electrons. The molecule has 0 saturated heterocycles. The lowest BCUT2D eigenvalue weighted by atomic mass is 10.1. The van der Waals surface area contributed by atoms with Gasteiger partial charge < -0.3 is 25.4 Å². The lowest BCUT2D eigenvalue weighted by molar-refractivity contribution is -0.0166. The van der Waals surface area contributed by atoms with Gasteiger partial charge in [0, 0.05) is 26.4 Å². The van der Waals surface area contributed by atoms with Gasteiger partial charge in [-0.2, -0.15) is 0 Å². The topological polar surface area (TPSA) is 85.2 Å². The van der Waals surface area contributed by atoms with Crippen LogP contribution in [0, 0.1) is 0 Å². The Morgan fingerprint density at radius 3 is 1.57 bits per heavy atom. The Hall–Kier alpha value is -0.200. The van der Waals surface area contributed by atoms with E-state index < -0.39 is 0 Å². The molecule has 0 aromatic rings. The summed E-state index contributed by atoms with van der Waals surface area (Å²) in [6.45, 7) is 12.2. The Labute approximate surface area is 189 Å². The van der Waals surface area contributed by atoms with Gasteiger partial charge in [-0.25, -0.2) is 0 Å². The number of ether oxygens (including phenoxy) is 3. The first-order valence-electron chi connectivity index (χ1n) is 12.7. The molecule has 5 nitrogen and oxygen atoms in total. The highest BCUT2D eigenvalue weighted by atomic mass is 16.5. The zero-order valence-electron chi connectivity index (χ0n) is 21.2. The molecule has 0 aliphatic rings. The molecule has 0 aliphatic carbocycles. The monoisotopic (exact) mass is 435 g/mol. The van der Waals surface area contributed by atoms with Crippen molar-refractivity contribution in [2.24, 2.45) is 5.73 Å². The zero-order valence-corrected chi connectivity index (χ0v) is 21.2. The van der Waals surface area contributed by atoms with E-state index in [1.54, 1.807) is 0 Å². The van der Waals surface area contributed by atoms with Gasteiger partial charge in [0.15, 0.2) is 0 Å². The fraction of sp³-hybridized carbons (Fsp3) is 1.00. The Bertz CT molecular complexity index is 280. The molecule has 0 amide bonds. The summed E-state index contributed by atoms with van der Waals surface area (Å²) in [5.74, 6) is 0. The summed E-state index contributed by atoms with van der Waals surface area (Å²) in [7, 11) is 1.50. The van der Waals surface area contributed by atoms with Crippen molar-refractivity contribution in [2.45, 2.75) is 130 Å². The van der Waals surface area contributed by atoms with E-state index in [0.717, 1.165) is 39.3 Å². The average molecular weight is 436 g/mol. The maximum absolute atomic E-state index is 6.26. The molecule has 4 N–H and O–H groups in total. The molecular weight excluding hydrogens is 378 g/mol. The van der Waals surface area contributed by atoms with Gasteiger partial charge in [0.05, 0.1) is 12.2 Å². The second-order valence-electron chi connectivity index (χ2n) is 7.81. The summed E-state index contributed by atoms with van der Waals surface area (Å²) in [4.78, 5) is 0. The van der Waals surface area contributed by atoms with Gasteiger partial charge in [0.25, 0.3) is 0 Å². The first kappa shape index (κ1) is 34.4. The van der Waals surface area contributed by atoms with E-state index in [9.17, 15) is 0 Å². The summed E-state index contributed by atoms with van der Waals surface area (Å²) >= 11 is 0. The molecule has 30 heavy (non-hydrogen) atoms. The van der Waals surface area contributed by atoms with Gasteiger partial charge in [-0.3, -0.25) is 0 Å². The van der Waals surface area contributed by atoms with Crippen LogP contribution in [0.15, 0.2) is 0 Å². The average Bonchev–Trinajstić information content (AvgIpc) is 2.74. The number of unbranched alkanes of at least 4 members (excludes halogenated alkanes) is 7. The van der Waals surface area contributed by atoms with Crippen LogP contribution in [-0.4, -0.2) is 51.2 Å². The van der Waals surface area contributed by atoms with Crippen molar-refractivity contribution in [1.29, 1.82) is 0 Å². The Balaban J connectivity index is -0.00000235. The molecule has 0 aliphatic heterocycles. The standard InChI is InChI=1S/C24H50O3.CH5N.H2O/c1-5-9-12-15-20-25-21-18-24(17-14-11-7-3)27-22-19-23(26-8-4)16-13-10-6-2;1-2;/h23-24H,5-22H2,1-4H3;2H2,1H3;1H2. The van der Waals surface area contributed by atoms with Crippen LogP contribution in [0.2, 0.25) is 0 Å². The smallest absolute Gasteiger partial charge is 0.0597 e. The highest BCUT2D eigenvalue weighted by molar-refractivity contribution is 4.62. The first-order valence-corrected chi connectivity index (χ1v) is 12.7. The first-order chi connectivity index (χ1) is 14.3. The summed E-state index contributed by atoms with van der Waals surface area (Å²) in [5.41, 5.74) is 4.50. The zero-order chi connectivity index (χ0) is 22.0. The van der Waals surface area contributed by atoms with Crippen LogP contribution >= 0.6 is 0 Å². The molecule has 0 rings (SSSR count). The van der Waals surface area contributed by atoms with Gasteiger partial charge >= 0.3 is 0 Å². The molecule has 0 aromatic carbocycles. The van der Waals surface area contributed by atoms with Gasteiger partial charge in [0.2, 0.25) is 0 Å². The lowest BCUT2D eigenvalue weighted by Crippen LogP contribution is -2.21. The molecule has 5 heteroatoms. The van der Waals surface area contributed by atoms with Crippen LogP contribution in [0.3, 0.4) is 0 Å². The minimum Gasteiger partial charge on any atom is -0.412 e. The fourth-order valence-corrected chi connectivity index (χ4v) is 3.42. The van der Waals surface area contributed by atoms with Crippen LogP contribution in [-0.2, 0) is 14.2 Å². The SMILES string of the molecule is CCCCCCOCCC(CCCCC)OCCC(CCCCC)OCC.CN.O. The van der Waals surface area contributed by atoms with Gasteiger partial charge in [-0.15, -0.1) is 0 Å². The third-order valence-electron chi connectivity index (χ3n) is 5.18. The molecule has 0 heterocycles. The highest BCUT2D eigenvalue weighted by Crippen LogP contribution is 2.15. The Morgan fingerprint density at radius 1 is 0.533 bits per heavy atom. The number of hydrogen-bond acceptors (Lipinski definition) is 4. The molecule has 2 atom stereocenters. The van der Waals surface area contributed by atoms with E-state index >= 15 is 0 Å². The van der Waals surface area contributed by atoms with Crippen LogP contribution in [0.1, 0.15) is 118 Å². The van der Waals surface area contributed by atoms with E-state index in [2.05, 4.69) is 33.4 Å². The fourth-order valence-electron chi connectivity index (χ4n) is 3.42. The van der Waals surface area contributed by atoms with E-state index in [1.165, 1.54) is 84.1 Å². The second-order valence-corrected chi connectivity index (χ2v) is 7.81. The van der Waals surface area contributed by atoms with Gasteiger partial charge in [-0.1, -0.05) is 78.6 Å². The molecule has 0 fully saturated rings. The second kappa shape index (κ2) is 31.0. The molecule has 0 aromatic heterocycles. The van der Waals surface area contributed by atoms with E-state index in [4.69, 9.17) is 14.2 Å². The third kappa shape index (κ3) is 25.8. The number of nitrogens with two attached hydrogens (primary N) is 1. The predicted molar refractivity (Wildman–Crippen MR) is 131 cm³/mol. The molecule has 186 valence electrons. The Morgan fingerprint density at radius 2 is 1.03 bits per heavy atom. The minimum atomic E-state index is 0. The van der Waals surface area contributed by atoms with E-state index in [1.807, 2.05) is 0 Å². The van der Waals surface area contributed by atoms with Crippen LogP contribution < -0.4 is 5.73 Å². The van der Waals surface area contributed by atoms with E-state index in [0.29, 0.717) is 12.2 Å². The Kier molecular flexibility index (Phi) is 35.5. The van der Waals surface area contributed by atoms with Crippen molar-refractivity contribution in [3.63, 3.8) is 0 Å². The molecule has 0 spiro atoms. The highest BCUT2D eigenvalue weighted by Gasteiger charge is 2.12. The van der Waals surface area contributed by atoms with Crippen molar-refractivity contribution in [1.82, 2.24) is 0 Å². The lowest BCUT2D eigenvalue weighted by Gasteiger charge is -2.21. The molecule has 0 bridgehead atoms. The van der Waals surface area contributed by atoms with Gasteiger partial charge in [-0.05, 0) is 46.1 Å². The quantitative estimate of drug-likeness (QED) is 0.209. The molecule has 0 saturated carbocycles. The maximum Gasteiger partial charge on any atom is 0.0597 e. The molecule has 2 unspecified atom stereocenters. The third-order valence-corrected chi connectivity index (χ3v) is 5.18. The van der Waals surface area contributed by atoms with Crippen molar-refractivity contribution in [2.75, 3.05) is 33.5 Å². The predicted octanol–water partition coefficient (Wildman–Crippen LogP) is 6.06. The normalized spacial score (nSPS) is 12.6. The summed E-state index contributed by atoms with van der Waals surface area (Å²) < 4.78 is 18.0. The van der Waals surface area contributed by atoms with Crippen LogP contribution in [0.25, 0.3) is 0 Å². The number of hydrogen-bond donors (Lipinski definition) is 1. The van der Waals surface area contributed by atoms with Crippen LogP contribution in [0.5, 0.6) is 0 Å². The molecular formula is C25H57NO4. The maximum atomic E-state index is 6.26. The minimum absolute atomic E-state index is 0. The van der Waals surface area contributed by atoms with Crippen molar-refractivity contribution >= 4 is 0 Å². The van der Waals surface area contributed by atoms with Crippen molar-refractivity contribution in [3.8, 4) is 0 Å². The summed E-state index contributed by atoms with van der Waals surface area (Å²) in [6.07, 6.45) is 17.9. The van der Waals surface area contributed by atoms with E-state index in [-0.39, 0.29) is 5.48 Å². The van der Waals surface area contributed by atoms with Crippen molar-refractivity contribution in [3.05, 3.63) is 0 Å². The largest absolute Gasteiger partial charge is 0.412 e. The summed E-state index contributed by atoms with van der Waals surface area (Å²) in [6, 6.07) is 0. The number of rotatable bonds is 22.